The molecule has 0 unspecified atom stereocenters. The number of hydrogen-bond acceptors (Lipinski definition) is 5. The number of rotatable bonds is 2. The Morgan fingerprint density at radius 3 is 2.50 bits per heavy atom. The van der Waals surface area contributed by atoms with E-state index in [0.717, 1.165) is 22.6 Å². The molecule has 2 aromatic carbocycles. The molecule has 2 aliphatic heterocycles. The lowest BCUT2D eigenvalue weighted by atomic mass is 9.88. The van der Waals surface area contributed by atoms with Gasteiger partial charge in [-0.05, 0) is 18.2 Å². The molecule has 114 valence electrons. The lowest BCUT2D eigenvalue weighted by Crippen LogP contribution is -2.34. The quantitative estimate of drug-likeness (QED) is 0.924. The van der Waals surface area contributed by atoms with Gasteiger partial charge in [0.2, 0.25) is 6.29 Å². The molecule has 0 bridgehead atoms. The van der Waals surface area contributed by atoms with Crippen LogP contribution in [0.15, 0.2) is 36.4 Å². The highest BCUT2D eigenvalue weighted by atomic mass is 16.7. The number of fused-ring (bicyclic) bond motifs is 5. The van der Waals surface area contributed by atoms with Crippen molar-refractivity contribution in [3.8, 4) is 23.0 Å². The minimum atomic E-state index is -0.464. The third kappa shape index (κ3) is 1.82. The molecular formula is C17H16O5. The summed E-state index contributed by atoms with van der Waals surface area (Å²) >= 11 is 0. The van der Waals surface area contributed by atoms with Gasteiger partial charge in [-0.1, -0.05) is 6.07 Å². The number of benzene rings is 2. The Hall–Kier alpha value is -2.40. The highest BCUT2D eigenvalue weighted by molar-refractivity contribution is 5.52. The molecule has 2 aromatic rings. The van der Waals surface area contributed by atoms with Crippen molar-refractivity contribution in [1.29, 1.82) is 0 Å². The molecule has 0 amide bonds. The van der Waals surface area contributed by atoms with Gasteiger partial charge in [0.1, 0.15) is 29.1 Å². The summed E-state index contributed by atoms with van der Waals surface area (Å²) in [5.74, 6) is 2.22. The maximum atomic E-state index is 9.65. The zero-order chi connectivity index (χ0) is 15.3. The van der Waals surface area contributed by atoms with Crippen molar-refractivity contribution in [3.63, 3.8) is 0 Å². The summed E-state index contributed by atoms with van der Waals surface area (Å²) in [6.45, 7) is 0. The topological polar surface area (TPSA) is 57.2 Å². The van der Waals surface area contributed by atoms with Crippen LogP contribution in [-0.2, 0) is 4.74 Å². The average Bonchev–Trinajstić information content (AvgIpc) is 2.92. The maximum absolute atomic E-state index is 9.65. The van der Waals surface area contributed by atoms with Gasteiger partial charge in [-0.15, -0.1) is 0 Å². The van der Waals surface area contributed by atoms with Crippen LogP contribution in [0.4, 0.5) is 0 Å². The average molecular weight is 300 g/mol. The van der Waals surface area contributed by atoms with E-state index in [9.17, 15) is 5.11 Å². The van der Waals surface area contributed by atoms with Crippen LogP contribution in [0.2, 0.25) is 0 Å². The summed E-state index contributed by atoms with van der Waals surface area (Å²) in [7, 11) is 3.24. The maximum Gasteiger partial charge on any atom is 0.210 e. The van der Waals surface area contributed by atoms with Crippen molar-refractivity contribution < 1.29 is 24.1 Å². The third-order valence-electron chi connectivity index (χ3n) is 4.23. The first-order chi connectivity index (χ1) is 10.7. The Morgan fingerprint density at radius 2 is 1.73 bits per heavy atom. The van der Waals surface area contributed by atoms with Crippen LogP contribution < -0.4 is 14.2 Å². The van der Waals surface area contributed by atoms with Gasteiger partial charge in [0.15, 0.2) is 0 Å². The SMILES string of the molecule is COc1ccc2c(c1)O[C@H]1c3ccc(O)cc3O[C@H](OC)[C@@H]21. The van der Waals surface area contributed by atoms with Crippen LogP contribution >= 0.6 is 0 Å². The summed E-state index contributed by atoms with van der Waals surface area (Å²) < 4.78 is 22.8. The minimum absolute atomic E-state index is 0.0528. The second kappa shape index (κ2) is 4.81. The van der Waals surface area contributed by atoms with Gasteiger partial charge in [-0.3, -0.25) is 0 Å². The lowest BCUT2D eigenvalue weighted by Gasteiger charge is -2.33. The third-order valence-corrected chi connectivity index (χ3v) is 4.23. The van der Waals surface area contributed by atoms with Crippen LogP contribution in [0.1, 0.15) is 23.1 Å². The molecule has 4 rings (SSSR count). The molecule has 0 spiro atoms. The van der Waals surface area contributed by atoms with Crippen molar-refractivity contribution >= 4 is 0 Å². The second-order valence-corrected chi connectivity index (χ2v) is 5.41. The molecule has 2 heterocycles. The monoisotopic (exact) mass is 300 g/mol. The second-order valence-electron chi connectivity index (χ2n) is 5.41. The summed E-state index contributed by atoms with van der Waals surface area (Å²) in [6.07, 6.45) is -0.662. The molecule has 0 saturated carbocycles. The highest BCUT2D eigenvalue weighted by Gasteiger charge is 2.47. The molecule has 3 atom stereocenters. The number of phenols is 1. The van der Waals surface area contributed by atoms with E-state index in [0.29, 0.717) is 5.75 Å². The van der Waals surface area contributed by atoms with E-state index in [-0.39, 0.29) is 17.8 Å². The molecule has 0 aliphatic carbocycles. The molecule has 5 nitrogen and oxygen atoms in total. The first-order valence-corrected chi connectivity index (χ1v) is 7.08. The van der Waals surface area contributed by atoms with Crippen molar-refractivity contribution in [2.45, 2.75) is 18.3 Å². The van der Waals surface area contributed by atoms with E-state index in [1.54, 1.807) is 26.4 Å². The Bertz CT molecular complexity index is 727. The number of methoxy groups -OCH3 is 2. The number of aromatic hydroxyl groups is 1. The molecule has 0 saturated heterocycles. The largest absolute Gasteiger partial charge is 0.508 e. The van der Waals surface area contributed by atoms with E-state index >= 15 is 0 Å². The first-order valence-electron chi connectivity index (χ1n) is 7.08. The highest BCUT2D eigenvalue weighted by Crippen LogP contribution is 2.54. The van der Waals surface area contributed by atoms with Gasteiger partial charge in [0, 0.05) is 30.4 Å². The molecule has 1 N–H and O–H groups in total. The van der Waals surface area contributed by atoms with Crippen LogP contribution in [-0.4, -0.2) is 25.6 Å². The standard InChI is InChI=1S/C17H16O5/c1-19-10-4-6-11-14(8-10)21-16-12-5-3-9(18)7-13(12)22-17(20-2)15(11)16/h3-8,15-18H,1-2H3/t15-,16-,17-/m0/s1. The van der Waals surface area contributed by atoms with Crippen molar-refractivity contribution in [2.75, 3.05) is 14.2 Å². The van der Waals surface area contributed by atoms with Gasteiger partial charge >= 0.3 is 0 Å². The molecule has 22 heavy (non-hydrogen) atoms. The van der Waals surface area contributed by atoms with Crippen LogP contribution in [0.25, 0.3) is 0 Å². The van der Waals surface area contributed by atoms with Gasteiger partial charge < -0.3 is 24.1 Å². The number of hydrogen-bond donors (Lipinski definition) is 1. The zero-order valence-electron chi connectivity index (χ0n) is 12.3. The Labute approximate surface area is 128 Å². The molecule has 2 aliphatic rings. The smallest absolute Gasteiger partial charge is 0.210 e. The molecule has 0 fully saturated rings. The van der Waals surface area contributed by atoms with Gasteiger partial charge in [-0.25, -0.2) is 0 Å². The number of ether oxygens (including phenoxy) is 4. The predicted octanol–water partition coefficient (Wildman–Crippen LogP) is 2.98. The van der Waals surface area contributed by atoms with Gasteiger partial charge in [0.05, 0.1) is 13.0 Å². The summed E-state index contributed by atoms with van der Waals surface area (Å²) in [5, 5.41) is 9.65. The minimum Gasteiger partial charge on any atom is -0.508 e. The van der Waals surface area contributed by atoms with Crippen molar-refractivity contribution in [3.05, 3.63) is 47.5 Å². The molecular weight excluding hydrogens is 284 g/mol. The van der Waals surface area contributed by atoms with E-state index in [1.807, 2.05) is 24.3 Å². The Morgan fingerprint density at radius 1 is 0.955 bits per heavy atom. The van der Waals surface area contributed by atoms with E-state index in [1.165, 1.54) is 0 Å². The Kier molecular flexibility index (Phi) is 2.90. The Balaban J connectivity index is 1.83. The molecule has 5 heteroatoms. The summed E-state index contributed by atoms with van der Waals surface area (Å²) in [4.78, 5) is 0. The predicted molar refractivity (Wildman–Crippen MR) is 78.6 cm³/mol. The molecule has 0 aromatic heterocycles. The fraction of sp³-hybridized carbons (Fsp3) is 0.294. The van der Waals surface area contributed by atoms with Gasteiger partial charge in [-0.2, -0.15) is 0 Å². The molecule has 0 radical (unpaired) electrons. The fourth-order valence-corrected chi connectivity index (χ4v) is 3.19. The van der Waals surface area contributed by atoms with E-state index in [2.05, 4.69) is 0 Å². The first kappa shape index (κ1) is 13.3. The number of phenolic OH excluding ortho intramolecular Hbond substituents is 1. The lowest BCUT2D eigenvalue weighted by molar-refractivity contribution is -0.0994. The van der Waals surface area contributed by atoms with Crippen molar-refractivity contribution in [2.24, 2.45) is 0 Å². The van der Waals surface area contributed by atoms with Gasteiger partial charge in [0.25, 0.3) is 0 Å². The van der Waals surface area contributed by atoms with E-state index < -0.39 is 6.29 Å². The summed E-state index contributed by atoms with van der Waals surface area (Å²) in [6, 6.07) is 10.8. The van der Waals surface area contributed by atoms with Crippen LogP contribution in [0.5, 0.6) is 23.0 Å². The van der Waals surface area contributed by atoms with Crippen LogP contribution in [0.3, 0.4) is 0 Å². The summed E-state index contributed by atoms with van der Waals surface area (Å²) in [5.41, 5.74) is 1.95. The fourth-order valence-electron chi connectivity index (χ4n) is 3.19. The van der Waals surface area contributed by atoms with Crippen molar-refractivity contribution in [1.82, 2.24) is 0 Å². The van der Waals surface area contributed by atoms with Crippen LogP contribution in [0, 0.1) is 0 Å². The normalized spacial score (nSPS) is 24.5. The zero-order valence-corrected chi connectivity index (χ0v) is 12.3. The van der Waals surface area contributed by atoms with E-state index in [4.69, 9.17) is 18.9 Å².